The summed E-state index contributed by atoms with van der Waals surface area (Å²) in [5.74, 6) is -3.71. The molecule has 11 heteroatoms. The molecule has 0 saturated carbocycles. The van der Waals surface area contributed by atoms with Crippen molar-refractivity contribution in [1.29, 1.82) is 0 Å². The molecule has 1 aliphatic heterocycles. The SMILES string of the molecule is CCC(=O)NC1CCc2cc(N3CCC(c4cc(C(F)(F)F)cc(C(F)(F)F)c4)(C(C)(F)F)C3)ccc21. The highest BCUT2D eigenvalue weighted by Crippen LogP contribution is 2.50. The zero-order valence-corrected chi connectivity index (χ0v) is 20.2. The van der Waals surface area contributed by atoms with E-state index in [9.17, 15) is 31.1 Å². The molecule has 1 heterocycles. The van der Waals surface area contributed by atoms with Gasteiger partial charge in [-0.1, -0.05) is 13.0 Å². The average Bonchev–Trinajstić information content (AvgIpc) is 3.43. The molecule has 0 aromatic heterocycles. The van der Waals surface area contributed by atoms with Gasteiger partial charge in [-0.15, -0.1) is 0 Å². The fourth-order valence-corrected chi connectivity index (χ4v) is 5.36. The standard InChI is InChI=1S/C26H26F8N2O/c1-3-22(37)35-21-7-4-15-10-19(5-6-20(15)21)36-9-8-24(14-36,23(2,27)28)16-11-17(25(29,30)31)13-18(12-16)26(32,33)34/h5-6,10-13,21H,3-4,7-9,14H2,1-2H3,(H,35,37). The third-order valence-electron chi connectivity index (χ3n) is 7.48. The van der Waals surface area contributed by atoms with Gasteiger partial charge in [0, 0.05) is 32.1 Å². The summed E-state index contributed by atoms with van der Waals surface area (Å²) < 4.78 is 111. The van der Waals surface area contributed by atoms with E-state index in [1.54, 1.807) is 30.0 Å². The lowest BCUT2D eigenvalue weighted by atomic mass is 9.73. The van der Waals surface area contributed by atoms with E-state index in [0.29, 0.717) is 44.0 Å². The third kappa shape index (κ3) is 5.13. The van der Waals surface area contributed by atoms with Gasteiger partial charge in [-0.3, -0.25) is 4.79 Å². The zero-order valence-electron chi connectivity index (χ0n) is 20.2. The number of aryl methyl sites for hydroxylation is 1. The minimum atomic E-state index is -5.14. The largest absolute Gasteiger partial charge is 0.416 e. The van der Waals surface area contributed by atoms with E-state index >= 15 is 8.78 Å². The van der Waals surface area contributed by atoms with Crippen LogP contribution in [0.15, 0.2) is 36.4 Å². The molecule has 202 valence electrons. The van der Waals surface area contributed by atoms with Crippen LogP contribution in [0.5, 0.6) is 0 Å². The lowest BCUT2D eigenvalue weighted by Gasteiger charge is -2.36. The maximum atomic E-state index is 15.1. The van der Waals surface area contributed by atoms with Crippen LogP contribution in [0.25, 0.3) is 0 Å². The molecule has 0 spiro atoms. The molecule has 2 aromatic carbocycles. The number of benzene rings is 2. The number of hydrogen-bond acceptors (Lipinski definition) is 2. The van der Waals surface area contributed by atoms with Crippen LogP contribution < -0.4 is 10.2 Å². The topological polar surface area (TPSA) is 32.3 Å². The summed E-state index contributed by atoms with van der Waals surface area (Å²) in [5, 5.41) is 2.93. The molecule has 2 aromatic rings. The van der Waals surface area contributed by atoms with Gasteiger partial charge in [0.25, 0.3) is 5.92 Å². The first-order valence-corrected chi connectivity index (χ1v) is 11.9. The predicted molar refractivity (Wildman–Crippen MR) is 122 cm³/mol. The molecule has 1 saturated heterocycles. The van der Waals surface area contributed by atoms with E-state index in [1.807, 2.05) is 0 Å². The maximum Gasteiger partial charge on any atom is 0.416 e. The van der Waals surface area contributed by atoms with Crippen LogP contribution in [0.3, 0.4) is 0 Å². The normalized spacial score (nSPS) is 22.3. The quantitative estimate of drug-likeness (QED) is 0.418. The summed E-state index contributed by atoms with van der Waals surface area (Å²) in [4.78, 5) is 13.4. The average molecular weight is 534 g/mol. The number of nitrogens with one attached hydrogen (secondary N) is 1. The number of halogens is 8. The smallest absolute Gasteiger partial charge is 0.370 e. The molecule has 1 N–H and O–H groups in total. The molecule has 37 heavy (non-hydrogen) atoms. The predicted octanol–water partition coefficient (Wildman–Crippen LogP) is 7.04. The van der Waals surface area contributed by atoms with Gasteiger partial charge in [0.1, 0.15) is 0 Å². The summed E-state index contributed by atoms with van der Waals surface area (Å²) in [6.45, 7) is 1.84. The Morgan fingerprint density at radius 1 is 1.00 bits per heavy atom. The number of nitrogens with zero attached hydrogens (tertiary/aromatic N) is 1. The Balaban J connectivity index is 1.71. The van der Waals surface area contributed by atoms with Gasteiger partial charge in [-0.2, -0.15) is 26.3 Å². The second-order valence-electron chi connectivity index (χ2n) is 9.83. The number of fused-ring (bicyclic) bond motifs is 1. The first-order valence-electron chi connectivity index (χ1n) is 11.9. The molecule has 0 bridgehead atoms. The van der Waals surface area contributed by atoms with Crippen molar-refractivity contribution < 1.29 is 39.9 Å². The van der Waals surface area contributed by atoms with Crippen molar-refractivity contribution in [2.24, 2.45) is 0 Å². The van der Waals surface area contributed by atoms with Crippen LogP contribution in [0.2, 0.25) is 0 Å². The molecule has 0 radical (unpaired) electrons. The molecule has 1 amide bonds. The van der Waals surface area contributed by atoms with Crippen molar-refractivity contribution in [3.63, 3.8) is 0 Å². The number of amides is 1. The van der Waals surface area contributed by atoms with Gasteiger partial charge in [-0.25, -0.2) is 8.78 Å². The summed E-state index contributed by atoms with van der Waals surface area (Å²) in [5.41, 5.74) is -3.80. The summed E-state index contributed by atoms with van der Waals surface area (Å²) in [6, 6.07) is 5.89. The van der Waals surface area contributed by atoms with Crippen LogP contribution >= 0.6 is 0 Å². The Kier molecular flexibility index (Phi) is 6.73. The first kappa shape index (κ1) is 27.2. The number of rotatable bonds is 5. The number of alkyl halides is 8. The molecular formula is C26H26F8N2O. The van der Waals surface area contributed by atoms with Gasteiger partial charge in [0.15, 0.2) is 0 Å². The van der Waals surface area contributed by atoms with Crippen LogP contribution in [0.1, 0.15) is 67.0 Å². The van der Waals surface area contributed by atoms with Gasteiger partial charge < -0.3 is 10.2 Å². The highest BCUT2D eigenvalue weighted by molar-refractivity contribution is 5.76. The molecule has 1 fully saturated rings. The molecule has 2 aliphatic rings. The van der Waals surface area contributed by atoms with Crippen LogP contribution in [-0.2, 0) is 29.0 Å². The van der Waals surface area contributed by atoms with Crippen molar-refractivity contribution in [3.05, 3.63) is 64.2 Å². The molecule has 3 nitrogen and oxygen atoms in total. The van der Waals surface area contributed by atoms with Crippen molar-refractivity contribution in [2.45, 2.75) is 69.3 Å². The van der Waals surface area contributed by atoms with E-state index in [4.69, 9.17) is 0 Å². The molecule has 2 atom stereocenters. The first-order chi connectivity index (χ1) is 17.0. The van der Waals surface area contributed by atoms with Crippen LogP contribution in [-0.4, -0.2) is 24.9 Å². The summed E-state index contributed by atoms with van der Waals surface area (Å²) >= 11 is 0. The van der Waals surface area contributed by atoms with Gasteiger partial charge in [-0.05, 0) is 66.3 Å². The fourth-order valence-electron chi connectivity index (χ4n) is 5.36. The Morgan fingerprint density at radius 2 is 1.62 bits per heavy atom. The summed E-state index contributed by atoms with van der Waals surface area (Å²) in [6.07, 6.45) is -8.96. The zero-order chi connectivity index (χ0) is 27.4. The van der Waals surface area contributed by atoms with Crippen molar-refractivity contribution in [2.75, 3.05) is 18.0 Å². The van der Waals surface area contributed by atoms with Gasteiger partial charge in [0.05, 0.1) is 22.6 Å². The number of anilines is 1. The molecule has 2 unspecified atom stereocenters. The minimum Gasteiger partial charge on any atom is -0.370 e. The van der Waals surface area contributed by atoms with Gasteiger partial charge in [0.2, 0.25) is 5.91 Å². The number of carbonyl (C=O) groups excluding carboxylic acids is 1. The lowest BCUT2D eigenvalue weighted by Crippen LogP contribution is -2.46. The minimum absolute atomic E-state index is 0.0236. The lowest BCUT2D eigenvalue weighted by molar-refractivity contribution is -0.143. The van der Waals surface area contributed by atoms with E-state index < -0.39 is 46.9 Å². The third-order valence-corrected chi connectivity index (χ3v) is 7.48. The fraction of sp³-hybridized carbons (Fsp3) is 0.500. The van der Waals surface area contributed by atoms with Crippen molar-refractivity contribution in [3.8, 4) is 0 Å². The molecule has 1 aliphatic carbocycles. The Hall–Kier alpha value is -2.85. The van der Waals surface area contributed by atoms with Crippen LogP contribution in [0.4, 0.5) is 40.8 Å². The number of hydrogen-bond donors (Lipinski definition) is 1. The Bertz CT molecular complexity index is 1150. The molecule has 4 rings (SSSR count). The Morgan fingerprint density at radius 3 is 2.16 bits per heavy atom. The van der Waals surface area contributed by atoms with Crippen molar-refractivity contribution >= 4 is 11.6 Å². The monoisotopic (exact) mass is 534 g/mol. The number of carbonyl (C=O) groups is 1. The second-order valence-corrected chi connectivity index (χ2v) is 9.83. The highest BCUT2D eigenvalue weighted by Gasteiger charge is 2.56. The molecular weight excluding hydrogens is 508 g/mol. The van der Waals surface area contributed by atoms with E-state index in [2.05, 4.69) is 5.32 Å². The van der Waals surface area contributed by atoms with Gasteiger partial charge >= 0.3 is 12.4 Å². The maximum absolute atomic E-state index is 15.1. The summed E-state index contributed by atoms with van der Waals surface area (Å²) in [7, 11) is 0. The Labute approximate surface area is 208 Å². The second kappa shape index (κ2) is 9.16. The van der Waals surface area contributed by atoms with E-state index in [1.165, 1.54) is 0 Å². The van der Waals surface area contributed by atoms with E-state index in [0.717, 1.165) is 11.1 Å². The van der Waals surface area contributed by atoms with E-state index in [-0.39, 0.29) is 31.0 Å². The highest BCUT2D eigenvalue weighted by atomic mass is 19.4. The van der Waals surface area contributed by atoms with Crippen LogP contribution in [0, 0.1) is 0 Å². The van der Waals surface area contributed by atoms with Crippen molar-refractivity contribution in [1.82, 2.24) is 5.32 Å².